The van der Waals surface area contributed by atoms with Crippen molar-refractivity contribution < 1.29 is 38.2 Å². The quantitative estimate of drug-likeness (QED) is 0.154. The van der Waals surface area contributed by atoms with Crippen LogP contribution in [-0.2, 0) is 15.6 Å². The van der Waals surface area contributed by atoms with Crippen molar-refractivity contribution in [2.45, 2.75) is 6.42 Å². The molecule has 15 heteroatoms. The molecular formula is C20H27N3O8P4. The molecule has 2 aromatic carbocycles. The van der Waals surface area contributed by atoms with E-state index < -0.39 is 27.8 Å². The van der Waals surface area contributed by atoms with Crippen LogP contribution in [0.5, 0.6) is 11.5 Å². The van der Waals surface area contributed by atoms with Gasteiger partial charge in [-0.1, -0.05) is 12.1 Å². The van der Waals surface area contributed by atoms with Crippen LogP contribution in [0.4, 0.5) is 0 Å². The van der Waals surface area contributed by atoms with Gasteiger partial charge in [-0.05, 0) is 62.8 Å². The molecule has 0 unspecified atom stereocenters. The Balaban J connectivity index is 1.89. The summed E-state index contributed by atoms with van der Waals surface area (Å²) in [7, 11) is -0.632. The van der Waals surface area contributed by atoms with Crippen molar-refractivity contribution in [2.24, 2.45) is 5.10 Å². The van der Waals surface area contributed by atoms with Gasteiger partial charge >= 0.3 is 20.9 Å². The van der Waals surface area contributed by atoms with Gasteiger partial charge in [0.2, 0.25) is 0 Å². The van der Waals surface area contributed by atoms with Crippen LogP contribution in [0.3, 0.4) is 0 Å². The van der Waals surface area contributed by atoms with Crippen LogP contribution in [0.1, 0.15) is 11.1 Å². The molecule has 0 heterocycles. The summed E-state index contributed by atoms with van der Waals surface area (Å²) in [5.41, 5.74) is 1.78. The monoisotopic (exact) mass is 561 g/mol. The summed E-state index contributed by atoms with van der Waals surface area (Å²) in [6, 6.07) is 14.0. The Morgan fingerprint density at radius 3 is 1.89 bits per heavy atom. The summed E-state index contributed by atoms with van der Waals surface area (Å²) in [4.78, 5) is 37.6. The van der Waals surface area contributed by atoms with Crippen molar-refractivity contribution in [3.63, 3.8) is 0 Å². The minimum atomic E-state index is -4.46. The Morgan fingerprint density at radius 2 is 1.43 bits per heavy atom. The zero-order valence-electron chi connectivity index (χ0n) is 18.8. The summed E-state index contributed by atoms with van der Waals surface area (Å²) in [5, 5.41) is 5.77. The van der Waals surface area contributed by atoms with E-state index in [1.54, 1.807) is 60.6 Å². The number of hydrogen-bond acceptors (Lipinski definition) is 6. The van der Waals surface area contributed by atoms with Gasteiger partial charge in [0.15, 0.2) is 0 Å². The van der Waals surface area contributed by atoms with Gasteiger partial charge in [-0.15, -0.1) is 8.86 Å². The third-order valence-corrected chi connectivity index (χ3v) is 6.40. The van der Waals surface area contributed by atoms with Crippen molar-refractivity contribution in [3.8, 4) is 11.5 Å². The molecule has 0 aromatic heterocycles. The lowest BCUT2D eigenvalue weighted by Gasteiger charge is -2.22. The second-order valence-corrected chi connectivity index (χ2v) is 11.3. The van der Waals surface area contributed by atoms with E-state index in [1.165, 1.54) is 0 Å². The first-order valence-electron chi connectivity index (χ1n) is 10.1. The molecule has 2 rings (SSSR count). The first kappa shape index (κ1) is 29.3. The van der Waals surface area contributed by atoms with Crippen LogP contribution in [0.15, 0.2) is 53.6 Å². The van der Waals surface area contributed by atoms with E-state index in [4.69, 9.17) is 29.0 Å². The average molecular weight is 561 g/mol. The maximum absolute atomic E-state index is 11.3. The van der Waals surface area contributed by atoms with Crippen molar-refractivity contribution in [2.75, 3.05) is 26.2 Å². The topological polar surface area (TPSA) is 152 Å². The molecule has 0 aliphatic rings. The van der Waals surface area contributed by atoms with E-state index in [2.05, 4.69) is 22.8 Å². The minimum Gasteiger partial charge on any atom is -0.423 e. The van der Waals surface area contributed by atoms with E-state index in [9.17, 15) is 9.13 Å². The second-order valence-electron chi connectivity index (χ2n) is 7.41. The van der Waals surface area contributed by atoms with Gasteiger partial charge in [0.05, 0.1) is 6.21 Å². The van der Waals surface area contributed by atoms with Crippen LogP contribution in [0, 0.1) is 0 Å². The van der Waals surface area contributed by atoms with Crippen molar-refractivity contribution >= 4 is 50.7 Å². The lowest BCUT2D eigenvalue weighted by Crippen LogP contribution is -2.28. The Morgan fingerprint density at radius 1 is 0.943 bits per heavy atom. The fourth-order valence-corrected chi connectivity index (χ4v) is 4.75. The SMILES string of the molecule is CN(C=P)/N=C/c1ccc(OC(=P)Oc2ccc(CCN(CP(=O)(O)O)CP(=O)(O)O)cc2)cc1. The molecule has 0 spiro atoms. The van der Waals surface area contributed by atoms with E-state index in [0.717, 1.165) is 16.0 Å². The summed E-state index contributed by atoms with van der Waals surface area (Å²) in [5.74, 6) is 2.65. The van der Waals surface area contributed by atoms with Gasteiger partial charge in [-0.25, -0.2) is 0 Å². The molecule has 11 nitrogen and oxygen atoms in total. The molecule has 35 heavy (non-hydrogen) atoms. The molecule has 0 amide bonds. The fourth-order valence-electron chi connectivity index (χ4n) is 2.77. The van der Waals surface area contributed by atoms with Crippen LogP contribution in [0.25, 0.3) is 0 Å². The number of rotatable bonds is 14. The van der Waals surface area contributed by atoms with Crippen LogP contribution >= 0.6 is 32.9 Å². The molecule has 0 aliphatic heterocycles. The minimum absolute atomic E-state index is 0.0558. The molecule has 0 aliphatic carbocycles. The molecule has 0 bridgehead atoms. The Hall–Kier alpha value is -1.89. The molecule has 0 atom stereocenters. The number of nitrogens with zero attached hydrogens (tertiary/aromatic N) is 3. The lowest BCUT2D eigenvalue weighted by molar-refractivity contribution is 0.279. The molecule has 4 N–H and O–H groups in total. The van der Waals surface area contributed by atoms with Gasteiger partial charge < -0.3 is 29.0 Å². The summed E-state index contributed by atoms with van der Waals surface area (Å²) in [6.45, 7) is 0.0558. The maximum atomic E-state index is 11.3. The Labute approximate surface area is 207 Å². The number of ether oxygens (including phenoxy) is 2. The zero-order chi connectivity index (χ0) is 26.1. The van der Waals surface area contributed by atoms with Gasteiger partial charge in [0.1, 0.15) is 24.1 Å². The predicted molar refractivity (Wildman–Crippen MR) is 141 cm³/mol. The van der Waals surface area contributed by atoms with Crippen LogP contribution in [-0.4, -0.2) is 73.4 Å². The van der Waals surface area contributed by atoms with Crippen molar-refractivity contribution in [1.82, 2.24) is 9.91 Å². The number of hydrogen-bond donors (Lipinski definition) is 4. The summed E-state index contributed by atoms with van der Waals surface area (Å²) in [6.07, 6.45) is 0.534. The second kappa shape index (κ2) is 13.4. The smallest absolute Gasteiger partial charge is 0.339 e. The molecular weight excluding hydrogens is 534 g/mol. The molecule has 190 valence electrons. The van der Waals surface area contributed by atoms with Crippen LogP contribution in [0.2, 0.25) is 0 Å². The molecule has 2 aromatic rings. The standard InChI is InChI=1S/C20H27N3O8P4/c1-22(13-32)21-12-17-4-8-19(9-5-17)31-20(33)30-18-6-2-16(3-7-18)10-11-23(14-34(24,25)26)15-35(27,28)29/h2-9,12-13,32-33H,10-11,14-15H2,1H3,(H2,24,25,26)(H2,27,28,29)/b21-12+. The van der Waals surface area contributed by atoms with Crippen molar-refractivity contribution in [3.05, 3.63) is 59.7 Å². The molecule has 0 radical (unpaired) electrons. The van der Waals surface area contributed by atoms with E-state index in [-0.39, 0.29) is 12.2 Å². The van der Waals surface area contributed by atoms with Gasteiger partial charge in [-0.2, -0.15) is 5.10 Å². The average Bonchev–Trinajstić information content (AvgIpc) is 2.75. The molecule has 0 saturated carbocycles. The Kier molecular flexibility index (Phi) is 11.3. The number of hydrazone groups is 1. The summed E-state index contributed by atoms with van der Waals surface area (Å²) >= 11 is 0. The van der Waals surface area contributed by atoms with E-state index in [1.807, 2.05) is 12.1 Å². The molecule has 0 fully saturated rings. The first-order valence-corrected chi connectivity index (χ1v) is 14.7. The third kappa shape index (κ3) is 12.6. The highest BCUT2D eigenvalue weighted by atomic mass is 31.2. The third-order valence-electron chi connectivity index (χ3n) is 4.29. The van der Waals surface area contributed by atoms with Gasteiger partial charge in [0, 0.05) is 19.5 Å². The highest BCUT2D eigenvalue weighted by molar-refractivity contribution is 7.52. The normalized spacial score (nSPS) is 12.1. The first-order chi connectivity index (χ1) is 16.3. The van der Waals surface area contributed by atoms with Crippen LogP contribution < -0.4 is 9.47 Å². The maximum Gasteiger partial charge on any atom is 0.339 e. The molecule has 0 saturated heterocycles. The highest BCUT2D eigenvalue weighted by Gasteiger charge is 2.25. The number of benzene rings is 2. The predicted octanol–water partition coefficient (Wildman–Crippen LogP) is 2.66. The van der Waals surface area contributed by atoms with Gasteiger partial charge in [0.25, 0.3) is 0 Å². The lowest BCUT2D eigenvalue weighted by atomic mass is 10.1. The highest BCUT2D eigenvalue weighted by Crippen LogP contribution is 2.40. The largest absolute Gasteiger partial charge is 0.423 e. The Bertz CT molecular complexity index is 1090. The zero-order valence-corrected chi connectivity index (χ0v) is 22.5. The van der Waals surface area contributed by atoms with Crippen molar-refractivity contribution in [1.29, 1.82) is 0 Å². The van der Waals surface area contributed by atoms with E-state index >= 15 is 0 Å². The van der Waals surface area contributed by atoms with E-state index in [0.29, 0.717) is 17.9 Å². The van der Waals surface area contributed by atoms with Gasteiger partial charge in [-0.3, -0.25) is 19.0 Å². The summed E-state index contributed by atoms with van der Waals surface area (Å²) < 4.78 is 33.7. The fraction of sp³-hybridized carbons (Fsp3) is 0.250.